The topological polar surface area (TPSA) is 40.5 Å². The lowest BCUT2D eigenvalue weighted by atomic mass is 9.92. The van der Waals surface area contributed by atoms with Crippen LogP contribution in [-0.2, 0) is 11.2 Å². The van der Waals surface area contributed by atoms with Crippen molar-refractivity contribution in [3.8, 4) is 0 Å². The van der Waals surface area contributed by atoms with Gasteiger partial charge in [0.1, 0.15) is 0 Å². The Balaban J connectivity index is 2.09. The van der Waals surface area contributed by atoms with Crippen LogP contribution >= 0.6 is 39.1 Å². The first kappa shape index (κ1) is 15.7. The van der Waals surface area contributed by atoms with Crippen LogP contribution in [-0.4, -0.2) is 17.6 Å². The molecule has 1 aliphatic rings. The first-order valence-corrected chi connectivity index (χ1v) is 8.25. The van der Waals surface area contributed by atoms with Crippen molar-refractivity contribution in [2.75, 3.05) is 11.4 Å². The number of fused-ring (bicyclic) bond motifs is 1. The summed E-state index contributed by atoms with van der Waals surface area (Å²) in [4.78, 5) is 13.7. The summed E-state index contributed by atoms with van der Waals surface area (Å²) in [6, 6.07) is 10.1. The molecule has 2 aromatic carbocycles. The minimum atomic E-state index is -0.894. The molecule has 0 radical (unpaired) electrons. The highest BCUT2D eigenvalue weighted by molar-refractivity contribution is 9.10. The zero-order valence-electron chi connectivity index (χ0n) is 11.4. The van der Waals surface area contributed by atoms with Gasteiger partial charge in [0.25, 0.3) is 0 Å². The number of carboxylic acid groups (broad SMARTS) is 1. The van der Waals surface area contributed by atoms with Crippen molar-refractivity contribution in [2.24, 2.45) is 0 Å². The number of anilines is 1. The molecular formula is C16H12BrCl2NO2. The lowest BCUT2D eigenvalue weighted by molar-refractivity contribution is -0.138. The van der Waals surface area contributed by atoms with Crippen LogP contribution in [0.2, 0.25) is 10.0 Å². The van der Waals surface area contributed by atoms with E-state index in [1.807, 2.05) is 23.1 Å². The SMILES string of the molecule is O=C(O)C1c2ccc(Br)cc2CCN1c1ccc(Cl)cc1Cl. The van der Waals surface area contributed by atoms with Crippen molar-refractivity contribution in [3.63, 3.8) is 0 Å². The predicted octanol–water partition coefficient (Wildman–Crippen LogP) is 4.94. The number of hydrogen-bond acceptors (Lipinski definition) is 2. The van der Waals surface area contributed by atoms with Crippen molar-refractivity contribution in [3.05, 3.63) is 62.0 Å². The van der Waals surface area contributed by atoms with E-state index in [1.54, 1.807) is 18.2 Å². The number of carboxylic acids is 1. The van der Waals surface area contributed by atoms with Crippen LogP contribution in [0, 0.1) is 0 Å². The van der Waals surface area contributed by atoms with E-state index in [1.165, 1.54) is 0 Å². The van der Waals surface area contributed by atoms with E-state index in [4.69, 9.17) is 23.2 Å². The van der Waals surface area contributed by atoms with Gasteiger partial charge in [-0.25, -0.2) is 4.79 Å². The molecule has 1 N–H and O–H groups in total. The Morgan fingerprint density at radius 1 is 1.23 bits per heavy atom. The minimum Gasteiger partial charge on any atom is -0.479 e. The standard InChI is InChI=1S/C16H12BrCl2NO2/c17-10-1-3-12-9(7-10)5-6-20(15(12)16(21)22)14-4-2-11(18)8-13(14)19/h1-4,7-8,15H,5-6H2,(H,21,22). The maximum absolute atomic E-state index is 11.8. The van der Waals surface area contributed by atoms with Gasteiger partial charge in [0.15, 0.2) is 6.04 Å². The van der Waals surface area contributed by atoms with E-state index >= 15 is 0 Å². The molecule has 0 aliphatic carbocycles. The Bertz CT molecular complexity index is 751. The lowest BCUT2D eigenvalue weighted by Crippen LogP contribution is -2.40. The number of benzene rings is 2. The highest BCUT2D eigenvalue weighted by Gasteiger charge is 2.34. The van der Waals surface area contributed by atoms with Crippen LogP contribution in [0.4, 0.5) is 5.69 Å². The van der Waals surface area contributed by atoms with Gasteiger partial charge < -0.3 is 10.0 Å². The van der Waals surface area contributed by atoms with Gasteiger partial charge in [-0.05, 0) is 47.9 Å². The third-order valence-corrected chi connectivity index (χ3v) is 4.82. The Kier molecular flexibility index (Phi) is 4.35. The summed E-state index contributed by atoms with van der Waals surface area (Å²) in [7, 11) is 0. The molecule has 114 valence electrons. The molecule has 3 nitrogen and oxygen atoms in total. The molecule has 0 aromatic heterocycles. The highest BCUT2D eigenvalue weighted by Crippen LogP contribution is 2.39. The second-order valence-corrected chi connectivity index (χ2v) is 6.88. The van der Waals surface area contributed by atoms with E-state index in [0.29, 0.717) is 22.3 Å². The molecule has 0 saturated carbocycles. The van der Waals surface area contributed by atoms with Gasteiger partial charge in [0.2, 0.25) is 0 Å². The van der Waals surface area contributed by atoms with Crippen LogP contribution in [0.3, 0.4) is 0 Å². The predicted molar refractivity (Wildman–Crippen MR) is 92.0 cm³/mol. The molecule has 0 saturated heterocycles. The normalized spacial score (nSPS) is 17.2. The Hall–Kier alpha value is -1.23. The van der Waals surface area contributed by atoms with Gasteiger partial charge in [-0.2, -0.15) is 0 Å². The van der Waals surface area contributed by atoms with Crippen molar-refractivity contribution in [1.82, 2.24) is 0 Å². The maximum Gasteiger partial charge on any atom is 0.331 e. The van der Waals surface area contributed by atoms with Gasteiger partial charge in [-0.15, -0.1) is 0 Å². The molecule has 0 bridgehead atoms. The Morgan fingerprint density at radius 2 is 2.00 bits per heavy atom. The number of carbonyl (C=O) groups is 1. The highest BCUT2D eigenvalue weighted by atomic mass is 79.9. The Labute approximate surface area is 146 Å². The molecule has 1 aliphatic heterocycles. The van der Waals surface area contributed by atoms with Crippen molar-refractivity contribution in [2.45, 2.75) is 12.5 Å². The number of nitrogens with zero attached hydrogens (tertiary/aromatic N) is 1. The summed E-state index contributed by atoms with van der Waals surface area (Å²) in [5, 5.41) is 10.7. The van der Waals surface area contributed by atoms with Gasteiger partial charge in [-0.3, -0.25) is 0 Å². The zero-order valence-corrected chi connectivity index (χ0v) is 14.5. The van der Waals surface area contributed by atoms with Gasteiger partial charge in [-0.1, -0.05) is 45.2 Å². The molecule has 0 fully saturated rings. The summed E-state index contributed by atoms with van der Waals surface area (Å²) >= 11 is 15.6. The van der Waals surface area contributed by atoms with E-state index in [2.05, 4.69) is 15.9 Å². The molecule has 1 unspecified atom stereocenters. The summed E-state index contributed by atoms with van der Waals surface area (Å²) < 4.78 is 0.952. The van der Waals surface area contributed by atoms with Crippen LogP contribution in [0.25, 0.3) is 0 Å². The molecule has 6 heteroatoms. The summed E-state index contributed by atoms with van der Waals surface area (Å²) in [6.07, 6.45) is 0.761. The quantitative estimate of drug-likeness (QED) is 0.775. The third kappa shape index (κ3) is 2.83. The maximum atomic E-state index is 11.8. The molecule has 3 rings (SSSR count). The molecule has 22 heavy (non-hydrogen) atoms. The van der Waals surface area contributed by atoms with Gasteiger partial charge in [0.05, 0.1) is 10.7 Å². The fraction of sp³-hybridized carbons (Fsp3) is 0.188. The van der Waals surface area contributed by atoms with Crippen LogP contribution in [0.5, 0.6) is 0 Å². The molecule has 2 aromatic rings. The molecule has 1 atom stereocenters. The van der Waals surface area contributed by atoms with E-state index < -0.39 is 12.0 Å². The fourth-order valence-electron chi connectivity index (χ4n) is 2.84. The monoisotopic (exact) mass is 399 g/mol. The first-order valence-electron chi connectivity index (χ1n) is 6.70. The van der Waals surface area contributed by atoms with Crippen molar-refractivity contribution < 1.29 is 9.90 Å². The van der Waals surface area contributed by atoms with E-state index in [9.17, 15) is 9.90 Å². The number of halogens is 3. The number of aliphatic carboxylic acids is 1. The molecular weight excluding hydrogens is 389 g/mol. The van der Waals surface area contributed by atoms with Crippen LogP contribution in [0.1, 0.15) is 17.2 Å². The smallest absolute Gasteiger partial charge is 0.331 e. The lowest BCUT2D eigenvalue weighted by Gasteiger charge is -2.37. The Morgan fingerprint density at radius 3 is 2.68 bits per heavy atom. The average Bonchev–Trinajstić information content (AvgIpc) is 2.46. The zero-order chi connectivity index (χ0) is 15.9. The number of rotatable bonds is 2. The van der Waals surface area contributed by atoms with E-state index in [-0.39, 0.29) is 0 Å². The summed E-state index contributed by atoms with van der Waals surface area (Å²) in [5.41, 5.74) is 2.53. The minimum absolute atomic E-state index is 0.458. The van der Waals surface area contributed by atoms with Gasteiger partial charge in [0, 0.05) is 16.0 Å². The second kappa shape index (κ2) is 6.11. The average molecular weight is 401 g/mol. The van der Waals surface area contributed by atoms with Gasteiger partial charge >= 0.3 is 5.97 Å². The summed E-state index contributed by atoms with van der Waals surface area (Å²) in [5.74, 6) is -0.894. The summed E-state index contributed by atoms with van der Waals surface area (Å²) in [6.45, 7) is 0.585. The van der Waals surface area contributed by atoms with Crippen LogP contribution in [0.15, 0.2) is 40.9 Å². The molecule has 0 amide bonds. The largest absolute Gasteiger partial charge is 0.479 e. The number of hydrogen-bond donors (Lipinski definition) is 1. The molecule has 0 spiro atoms. The van der Waals surface area contributed by atoms with E-state index in [0.717, 1.165) is 22.0 Å². The fourth-order valence-corrected chi connectivity index (χ4v) is 3.76. The van der Waals surface area contributed by atoms with Crippen LogP contribution < -0.4 is 4.90 Å². The second-order valence-electron chi connectivity index (χ2n) is 5.12. The third-order valence-electron chi connectivity index (χ3n) is 3.79. The molecule has 1 heterocycles. The van der Waals surface area contributed by atoms with Crippen molar-refractivity contribution >= 4 is 50.8 Å². The first-order chi connectivity index (χ1) is 10.5. The van der Waals surface area contributed by atoms with Crippen molar-refractivity contribution in [1.29, 1.82) is 0 Å².